The SMILES string of the molecule is COC(=O)[C@H](Cc1ccccc1[N+](=O)[O-])NC(=O)C1c2ccccc2-c2ccccc21. The van der Waals surface area contributed by atoms with Crippen LogP contribution in [0.3, 0.4) is 0 Å². The van der Waals surface area contributed by atoms with Crippen molar-refractivity contribution in [3.05, 3.63) is 99.6 Å². The molecule has 3 aromatic rings. The molecule has 0 heterocycles. The van der Waals surface area contributed by atoms with Crippen LogP contribution < -0.4 is 5.32 Å². The summed E-state index contributed by atoms with van der Waals surface area (Å²) in [5.74, 6) is -1.59. The number of nitrogens with zero attached hydrogens (tertiary/aromatic N) is 1. The predicted molar refractivity (Wildman–Crippen MR) is 114 cm³/mol. The van der Waals surface area contributed by atoms with E-state index in [4.69, 9.17) is 4.74 Å². The van der Waals surface area contributed by atoms with Crippen LogP contribution in [0.1, 0.15) is 22.6 Å². The Bertz CT molecular complexity index is 1130. The molecule has 4 rings (SSSR count). The molecule has 0 aliphatic heterocycles. The van der Waals surface area contributed by atoms with E-state index in [1.165, 1.54) is 13.2 Å². The fraction of sp³-hybridized carbons (Fsp3) is 0.167. The highest BCUT2D eigenvalue weighted by Crippen LogP contribution is 2.44. The summed E-state index contributed by atoms with van der Waals surface area (Å²) in [6.45, 7) is 0. The maximum atomic E-state index is 13.4. The summed E-state index contributed by atoms with van der Waals surface area (Å²) < 4.78 is 4.86. The third kappa shape index (κ3) is 3.77. The second kappa shape index (κ2) is 8.39. The van der Waals surface area contributed by atoms with Crippen molar-refractivity contribution in [2.75, 3.05) is 7.11 Å². The smallest absolute Gasteiger partial charge is 0.328 e. The number of carbonyl (C=O) groups is 2. The van der Waals surface area contributed by atoms with E-state index in [1.54, 1.807) is 18.2 Å². The van der Waals surface area contributed by atoms with E-state index in [0.717, 1.165) is 22.3 Å². The number of hydrogen-bond acceptors (Lipinski definition) is 5. The molecule has 0 radical (unpaired) electrons. The van der Waals surface area contributed by atoms with Gasteiger partial charge in [0.15, 0.2) is 0 Å². The number of benzene rings is 3. The first-order valence-corrected chi connectivity index (χ1v) is 9.80. The average molecular weight is 416 g/mol. The topological polar surface area (TPSA) is 98.5 Å². The lowest BCUT2D eigenvalue weighted by Gasteiger charge is -2.20. The number of para-hydroxylation sites is 1. The molecule has 7 heteroatoms. The average Bonchev–Trinajstić information content (AvgIpc) is 3.13. The summed E-state index contributed by atoms with van der Waals surface area (Å²) in [4.78, 5) is 36.6. The Morgan fingerprint density at radius 1 is 0.968 bits per heavy atom. The van der Waals surface area contributed by atoms with Gasteiger partial charge in [0, 0.05) is 18.1 Å². The van der Waals surface area contributed by atoms with Gasteiger partial charge in [-0.1, -0.05) is 66.7 Å². The lowest BCUT2D eigenvalue weighted by molar-refractivity contribution is -0.385. The molecule has 1 aliphatic carbocycles. The lowest BCUT2D eigenvalue weighted by atomic mass is 9.95. The molecule has 1 aliphatic rings. The van der Waals surface area contributed by atoms with Crippen molar-refractivity contribution < 1.29 is 19.2 Å². The summed E-state index contributed by atoms with van der Waals surface area (Å²) in [6, 6.07) is 20.4. The molecule has 1 N–H and O–H groups in total. The Morgan fingerprint density at radius 2 is 1.52 bits per heavy atom. The number of rotatable bonds is 6. The molecule has 0 fully saturated rings. The van der Waals surface area contributed by atoms with Crippen LogP contribution in [0.25, 0.3) is 11.1 Å². The van der Waals surface area contributed by atoms with E-state index < -0.39 is 22.9 Å². The molecule has 31 heavy (non-hydrogen) atoms. The van der Waals surface area contributed by atoms with Gasteiger partial charge < -0.3 is 10.1 Å². The molecule has 0 unspecified atom stereocenters. The van der Waals surface area contributed by atoms with E-state index in [9.17, 15) is 19.7 Å². The molecule has 0 aromatic heterocycles. The van der Waals surface area contributed by atoms with Gasteiger partial charge in [0.1, 0.15) is 6.04 Å². The first kappa shape index (κ1) is 20.3. The number of nitrogens with one attached hydrogen (secondary N) is 1. The number of nitro groups is 1. The van der Waals surface area contributed by atoms with Gasteiger partial charge in [-0.2, -0.15) is 0 Å². The van der Waals surface area contributed by atoms with Gasteiger partial charge in [-0.05, 0) is 22.3 Å². The normalized spacial score (nSPS) is 13.1. The highest BCUT2D eigenvalue weighted by Gasteiger charge is 2.36. The highest BCUT2D eigenvalue weighted by atomic mass is 16.6. The van der Waals surface area contributed by atoms with Crippen LogP contribution >= 0.6 is 0 Å². The number of ether oxygens (including phenoxy) is 1. The monoisotopic (exact) mass is 416 g/mol. The maximum absolute atomic E-state index is 13.4. The van der Waals surface area contributed by atoms with Crippen molar-refractivity contribution in [2.45, 2.75) is 18.4 Å². The highest BCUT2D eigenvalue weighted by molar-refractivity contribution is 5.97. The van der Waals surface area contributed by atoms with E-state index >= 15 is 0 Å². The van der Waals surface area contributed by atoms with Gasteiger partial charge in [0.05, 0.1) is 18.0 Å². The fourth-order valence-corrected chi connectivity index (χ4v) is 4.11. The van der Waals surface area contributed by atoms with Crippen LogP contribution in [-0.4, -0.2) is 30.0 Å². The minimum atomic E-state index is -1.06. The zero-order chi connectivity index (χ0) is 22.0. The molecular weight excluding hydrogens is 396 g/mol. The molecule has 3 aromatic carbocycles. The molecular formula is C24H20N2O5. The van der Waals surface area contributed by atoms with Crippen LogP contribution in [-0.2, 0) is 20.7 Å². The molecule has 1 atom stereocenters. The van der Waals surface area contributed by atoms with E-state index in [0.29, 0.717) is 5.56 Å². The summed E-state index contributed by atoms with van der Waals surface area (Å²) >= 11 is 0. The standard InChI is InChI=1S/C24H20N2O5/c1-31-24(28)20(14-15-8-2-7-13-21(15)26(29)30)25-23(27)22-18-11-5-3-9-16(18)17-10-4-6-12-19(17)22/h2-13,20,22H,14H2,1H3,(H,25,27)/t20-/m0/s1. The Labute approximate surface area is 178 Å². The van der Waals surface area contributed by atoms with Crippen LogP contribution in [0.4, 0.5) is 5.69 Å². The number of carbonyl (C=O) groups excluding carboxylic acids is 2. The van der Waals surface area contributed by atoms with Gasteiger partial charge in [0.2, 0.25) is 5.91 Å². The second-order valence-corrected chi connectivity index (χ2v) is 7.28. The van der Waals surface area contributed by atoms with Crippen LogP contribution in [0.5, 0.6) is 0 Å². The molecule has 156 valence electrons. The van der Waals surface area contributed by atoms with Gasteiger partial charge >= 0.3 is 5.97 Å². The van der Waals surface area contributed by atoms with Gasteiger partial charge in [0.25, 0.3) is 5.69 Å². The quantitative estimate of drug-likeness (QED) is 0.376. The minimum Gasteiger partial charge on any atom is -0.467 e. The number of fused-ring (bicyclic) bond motifs is 3. The zero-order valence-corrected chi connectivity index (χ0v) is 16.8. The number of esters is 1. The van der Waals surface area contributed by atoms with E-state index in [1.807, 2.05) is 48.5 Å². The summed E-state index contributed by atoms with van der Waals surface area (Å²) in [5, 5.41) is 14.1. The van der Waals surface area contributed by atoms with Crippen molar-refractivity contribution in [3.8, 4) is 11.1 Å². The van der Waals surface area contributed by atoms with Gasteiger partial charge in [-0.3, -0.25) is 14.9 Å². The fourth-order valence-electron chi connectivity index (χ4n) is 4.11. The summed E-state index contributed by atoms with van der Waals surface area (Å²) in [7, 11) is 1.22. The van der Waals surface area contributed by atoms with Crippen LogP contribution in [0.15, 0.2) is 72.8 Å². The Kier molecular flexibility index (Phi) is 5.49. The van der Waals surface area contributed by atoms with Crippen molar-refractivity contribution in [1.82, 2.24) is 5.32 Å². The molecule has 7 nitrogen and oxygen atoms in total. The van der Waals surface area contributed by atoms with Crippen molar-refractivity contribution in [3.63, 3.8) is 0 Å². The Hall–Kier alpha value is -4.00. The third-order valence-electron chi connectivity index (χ3n) is 5.51. The molecule has 0 saturated carbocycles. The lowest BCUT2D eigenvalue weighted by Crippen LogP contribution is -2.45. The summed E-state index contributed by atoms with van der Waals surface area (Å²) in [6.07, 6.45) is -0.0500. The van der Waals surface area contributed by atoms with E-state index in [-0.39, 0.29) is 18.0 Å². The molecule has 0 spiro atoms. The number of nitro benzene ring substituents is 1. The number of hydrogen-bond donors (Lipinski definition) is 1. The van der Waals surface area contributed by atoms with Crippen LogP contribution in [0, 0.1) is 10.1 Å². The first-order chi connectivity index (χ1) is 15.0. The molecule has 0 bridgehead atoms. The largest absolute Gasteiger partial charge is 0.467 e. The Morgan fingerprint density at radius 3 is 2.10 bits per heavy atom. The minimum absolute atomic E-state index is 0.0500. The molecule has 0 saturated heterocycles. The summed E-state index contributed by atoms with van der Waals surface area (Å²) in [5.41, 5.74) is 3.90. The van der Waals surface area contributed by atoms with Crippen LogP contribution in [0.2, 0.25) is 0 Å². The predicted octanol–water partition coefficient (Wildman–Crippen LogP) is 3.61. The van der Waals surface area contributed by atoms with Crippen molar-refractivity contribution >= 4 is 17.6 Å². The van der Waals surface area contributed by atoms with Gasteiger partial charge in [-0.15, -0.1) is 0 Å². The number of amides is 1. The second-order valence-electron chi connectivity index (χ2n) is 7.28. The zero-order valence-electron chi connectivity index (χ0n) is 16.8. The van der Waals surface area contributed by atoms with E-state index in [2.05, 4.69) is 5.32 Å². The number of methoxy groups -OCH3 is 1. The van der Waals surface area contributed by atoms with Gasteiger partial charge in [-0.25, -0.2) is 4.79 Å². The molecule has 1 amide bonds. The van der Waals surface area contributed by atoms with Crippen molar-refractivity contribution in [1.29, 1.82) is 0 Å². The Balaban J connectivity index is 1.65. The van der Waals surface area contributed by atoms with Crippen molar-refractivity contribution in [2.24, 2.45) is 0 Å². The first-order valence-electron chi connectivity index (χ1n) is 9.80. The maximum Gasteiger partial charge on any atom is 0.328 e. The third-order valence-corrected chi connectivity index (χ3v) is 5.51.